The van der Waals surface area contributed by atoms with Crippen molar-refractivity contribution in [1.82, 2.24) is 0 Å². The van der Waals surface area contributed by atoms with Crippen molar-refractivity contribution in [3.8, 4) is 0 Å². The summed E-state index contributed by atoms with van der Waals surface area (Å²) in [5.74, 6) is 0. The first-order valence-corrected chi connectivity index (χ1v) is 3.70. The number of hydrogen-bond acceptors (Lipinski definition) is 8. The van der Waals surface area contributed by atoms with Gasteiger partial charge < -0.3 is 0 Å². The first-order valence-electron chi connectivity index (χ1n) is 1.23. The van der Waals surface area contributed by atoms with Gasteiger partial charge in [0.25, 0.3) is 0 Å². The second kappa shape index (κ2) is 8.88. The van der Waals surface area contributed by atoms with Gasteiger partial charge in [0, 0.05) is 0 Å². The average molecular weight is 326 g/mol. The van der Waals surface area contributed by atoms with Gasteiger partial charge in [-0.1, -0.05) is 0 Å². The molecule has 0 bridgehead atoms. The fourth-order valence-electron chi connectivity index (χ4n) is 0. The zero-order chi connectivity index (χ0) is 9.00. The fourth-order valence-corrected chi connectivity index (χ4v) is 0. The molecule has 0 aromatic carbocycles. The molecule has 0 aliphatic rings. The van der Waals surface area contributed by atoms with Crippen LogP contribution in [-0.4, -0.2) is 0 Å². The zero-order valence-electron chi connectivity index (χ0n) is 4.62. The molecule has 0 spiro atoms. The third-order valence-corrected chi connectivity index (χ3v) is 0. The van der Waals surface area contributed by atoms with Gasteiger partial charge in [0.05, 0.1) is 0 Å². The maximum atomic E-state index is 8.49. The number of rotatable bonds is 0. The molecule has 0 radical (unpaired) electrons. The molecule has 0 saturated heterocycles. The molecule has 84 valence electrons. The molecule has 0 aliphatic carbocycles. The molecule has 0 amide bonds. The molecule has 12 heavy (non-hydrogen) atoms. The maximum absolute atomic E-state index is 8.49. The topological polar surface area (TPSA) is 184 Å². The zero-order valence-corrected chi connectivity index (χ0v) is 8.02. The van der Waals surface area contributed by atoms with E-state index in [9.17, 15) is 0 Å². The molecule has 12 heteroatoms. The molecule has 0 rings (SSSR count). The fraction of sp³-hybridized carbons (Fsp3) is 0. The summed E-state index contributed by atoms with van der Waals surface area (Å²) < 4.78 is 67.9. The Balaban J connectivity index is -0.0000000457. The molecule has 0 N–H and O–H groups in total. The van der Waals surface area contributed by atoms with Gasteiger partial charge in [0.15, 0.2) is 0 Å². The summed E-state index contributed by atoms with van der Waals surface area (Å²) in [6.45, 7) is 0. The van der Waals surface area contributed by atoms with E-state index in [2.05, 4.69) is 0 Å². The molecule has 0 saturated carbocycles. The number of hydrogen-bond donors (Lipinski definition) is 0. The van der Waals surface area contributed by atoms with Crippen LogP contribution in [0.5, 0.6) is 0 Å². The van der Waals surface area contributed by atoms with E-state index in [0.717, 1.165) is 0 Å². The van der Waals surface area contributed by atoms with Crippen LogP contribution in [0.1, 0.15) is 0 Å². The van der Waals surface area contributed by atoms with Crippen LogP contribution in [0.3, 0.4) is 0 Å². The van der Waals surface area contributed by atoms with Crippen molar-refractivity contribution in [3.63, 3.8) is 0 Å². The Hall–Kier alpha value is 1.30. The Morgan fingerprint density at radius 3 is 0.417 bits per heavy atom. The molecular weight excluding hydrogens is 326 g/mol. The van der Waals surface area contributed by atoms with Crippen molar-refractivity contribution < 1.29 is 91.9 Å². The minimum atomic E-state index is -4.94. The largest absolute Gasteiger partial charge is 1.00 e. The van der Waals surface area contributed by atoms with Crippen LogP contribution in [0.4, 0.5) is 0 Å². The van der Waals surface area contributed by atoms with Gasteiger partial charge in [-0.25, -0.2) is 37.3 Å². The van der Waals surface area contributed by atoms with Gasteiger partial charge in [-0.2, -0.15) is 0 Å². The van der Waals surface area contributed by atoms with Gasteiger partial charge >= 0.3 is 34.1 Å². The normalized spacial score (nSPS) is 10.0. The molecule has 0 aliphatic heterocycles. The molecule has 0 atom stereocenters. The van der Waals surface area contributed by atoms with Crippen molar-refractivity contribution in [2.75, 3.05) is 0 Å². The van der Waals surface area contributed by atoms with Crippen molar-refractivity contribution in [2.45, 2.75) is 0 Å². The minimum Gasteiger partial charge on any atom is -0.222 e. The third kappa shape index (κ3) is 710. The van der Waals surface area contributed by atoms with E-state index in [0.29, 0.717) is 0 Å². The summed E-state index contributed by atoms with van der Waals surface area (Å²) in [6.07, 6.45) is 0. The summed E-state index contributed by atoms with van der Waals surface area (Å²) >= 11 is 0. The molecule has 0 heterocycles. The van der Waals surface area contributed by atoms with Crippen LogP contribution >= 0.6 is 0 Å². The van der Waals surface area contributed by atoms with Crippen LogP contribution in [0, 0.1) is 20.5 Å². The Labute approximate surface area is 91.8 Å². The first kappa shape index (κ1) is 23.3. The minimum absolute atomic E-state index is 0. The smallest absolute Gasteiger partial charge is 0.222 e. The van der Waals surface area contributed by atoms with E-state index in [-0.39, 0.29) is 34.1 Å². The third-order valence-electron chi connectivity index (χ3n) is 0. The summed E-state index contributed by atoms with van der Waals surface area (Å²) in [6, 6.07) is 0. The number of halogens is 2. The van der Waals surface area contributed by atoms with Crippen LogP contribution in [0.15, 0.2) is 0 Å². The van der Waals surface area contributed by atoms with Gasteiger partial charge in [-0.3, -0.25) is 0 Å². The SMILES string of the molecule is [Cu+].[Cu+].[O-][Cl+3]([O-])([O-])[O-].[O-][Cl+3]([O-])([O-])[O-]. The van der Waals surface area contributed by atoms with E-state index in [1.807, 2.05) is 0 Å². The predicted octanol–water partition coefficient (Wildman–Crippen LogP) is -9.52. The standard InChI is InChI=1S/2ClHO4.2Cu/c2*2-1(3,4)5;;/h2*(H,2,3,4,5);;/q;;2*+1/p-2. The van der Waals surface area contributed by atoms with Crippen LogP contribution in [0.2, 0.25) is 0 Å². The Kier molecular flexibility index (Phi) is 17.2. The van der Waals surface area contributed by atoms with Gasteiger partial charge in [0.1, 0.15) is 0 Å². The van der Waals surface area contributed by atoms with Gasteiger partial charge in [-0.15, -0.1) is 20.5 Å². The summed E-state index contributed by atoms with van der Waals surface area (Å²) in [5.41, 5.74) is 0. The molecule has 0 fully saturated rings. The summed E-state index contributed by atoms with van der Waals surface area (Å²) in [5, 5.41) is 0. The van der Waals surface area contributed by atoms with Crippen molar-refractivity contribution in [1.29, 1.82) is 0 Å². The quantitative estimate of drug-likeness (QED) is 0.392. The molecule has 0 aromatic heterocycles. The molecule has 0 aromatic rings. The maximum Gasteiger partial charge on any atom is 1.00 e. The van der Waals surface area contributed by atoms with Crippen molar-refractivity contribution in [3.05, 3.63) is 0 Å². The van der Waals surface area contributed by atoms with Crippen molar-refractivity contribution in [2.24, 2.45) is 0 Å². The van der Waals surface area contributed by atoms with E-state index in [4.69, 9.17) is 37.3 Å². The molecular formula is Cl2Cu2O8. The van der Waals surface area contributed by atoms with Gasteiger partial charge in [0.2, 0.25) is 0 Å². The second-order valence-corrected chi connectivity index (χ2v) is 2.27. The summed E-state index contributed by atoms with van der Waals surface area (Å²) in [4.78, 5) is 0. The van der Waals surface area contributed by atoms with Crippen LogP contribution in [0.25, 0.3) is 0 Å². The Bertz CT molecular complexity index is 58.0. The van der Waals surface area contributed by atoms with E-state index >= 15 is 0 Å². The average Bonchev–Trinajstić information content (AvgIpc) is 1.12. The predicted molar refractivity (Wildman–Crippen MR) is 0 cm³/mol. The molecule has 8 nitrogen and oxygen atoms in total. The Morgan fingerprint density at radius 1 is 0.417 bits per heavy atom. The monoisotopic (exact) mass is 324 g/mol. The van der Waals surface area contributed by atoms with E-state index < -0.39 is 20.5 Å². The molecule has 0 unspecified atom stereocenters. The van der Waals surface area contributed by atoms with Gasteiger partial charge in [-0.05, 0) is 0 Å². The Morgan fingerprint density at radius 2 is 0.417 bits per heavy atom. The second-order valence-electron chi connectivity index (χ2n) is 0.756. The van der Waals surface area contributed by atoms with Crippen LogP contribution in [-0.2, 0) is 34.1 Å². The van der Waals surface area contributed by atoms with Crippen molar-refractivity contribution >= 4 is 0 Å². The van der Waals surface area contributed by atoms with E-state index in [1.165, 1.54) is 0 Å². The van der Waals surface area contributed by atoms with E-state index in [1.54, 1.807) is 0 Å². The van der Waals surface area contributed by atoms with Crippen LogP contribution < -0.4 is 37.3 Å². The first-order chi connectivity index (χ1) is 4.00. The summed E-state index contributed by atoms with van der Waals surface area (Å²) in [7, 11) is -9.89.